The number of carbonyl (C=O) groups excluding carboxylic acids is 1. The maximum Gasteiger partial charge on any atom is 0.345 e. The molecular weight excluding hydrogens is 192 g/mol. The second kappa shape index (κ2) is 9.73. The first-order valence-corrected chi connectivity index (χ1v) is 5.75. The molecule has 5 heteroatoms. The first-order valence-electron chi connectivity index (χ1n) is 5.75. The fraction of sp³-hybridized carbons (Fsp3) is 0.900. The quantitative estimate of drug-likeness (QED) is 0.249. The SMILES string of the molecule is CCCCCCCCCN(N)C(=O)NN. The van der Waals surface area contributed by atoms with Crippen LogP contribution in [0.2, 0.25) is 0 Å². The van der Waals surface area contributed by atoms with Crippen molar-refractivity contribution in [3.8, 4) is 0 Å². The van der Waals surface area contributed by atoms with Crippen molar-refractivity contribution in [2.24, 2.45) is 11.7 Å². The Morgan fingerprint density at radius 3 is 2.20 bits per heavy atom. The highest BCUT2D eigenvalue weighted by atomic mass is 16.2. The Kier molecular flexibility index (Phi) is 9.21. The molecule has 0 saturated heterocycles. The summed E-state index contributed by atoms with van der Waals surface area (Å²) < 4.78 is 0. The maximum atomic E-state index is 10.9. The highest BCUT2D eigenvalue weighted by molar-refractivity contribution is 5.72. The predicted octanol–water partition coefficient (Wildman–Crippen LogP) is 1.50. The first kappa shape index (κ1) is 14.2. The molecule has 0 aromatic carbocycles. The second-order valence-electron chi connectivity index (χ2n) is 3.76. The number of hydrogen-bond acceptors (Lipinski definition) is 3. The molecule has 5 N–H and O–H groups in total. The normalized spacial score (nSPS) is 10.1. The summed E-state index contributed by atoms with van der Waals surface area (Å²) in [5.41, 5.74) is 2.00. The van der Waals surface area contributed by atoms with Gasteiger partial charge in [0.2, 0.25) is 0 Å². The van der Waals surface area contributed by atoms with Crippen molar-refractivity contribution in [2.75, 3.05) is 6.54 Å². The Hall–Kier alpha value is -0.810. The number of urea groups is 1. The van der Waals surface area contributed by atoms with E-state index in [9.17, 15) is 4.79 Å². The molecule has 0 atom stereocenters. The average Bonchev–Trinajstić information content (AvgIpc) is 2.26. The van der Waals surface area contributed by atoms with E-state index in [1.807, 2.05) is 5.43 Å². The van der Waals surface area contributed by atoms with Crippen LogP contribution in [0.25, 0.3) is 0 Å². The Balaban J connectivity index is 3.20. The van der Waals surface area contributed by atoms with Crippen LogP contribution in [0.3, 0.4) is 0 Å². The number of nitrogens with one attached hydrogen (secondary N) is 1. The third-order valence-electron chi connectivity index (χ3n) is 2.39. The minimum absolute atomic E-state index is 0.430. The number of amides is 2. The largest absolute Gasteiger partial charge is 0.345 e. The zero-order valence-electron chi connectivity index (χ0n) is 9.67. The van der Waals surface area contributed by atoms with Crippen LogP contribution in [-0.4, -0.2) is 17.6 Å². The van der Waals surface area contributed by atoms with E-state index in [4.69, 9.17) is 11.7 Å². The molecule has 0 bridgehead atoms. The summed E-state index contributed by atoms with van der Waals surface area (Å²) in [5.74, 6) is 10.4. The summed E-state index contributed by atoms with van der Waals surface area (Å²) in [6.07, 6.45) is 8.46. The van der Waals surface area contributed by atoms with Crippen molar-refractivity contribution in [3.63, 3.8) is 0 Å². The highest BCUT2D eigenvalue weighted by Crippen LogP contribution is 2.06. The number of nitrogens with two attached hydrogens (primary N) is 2. The van der Waals surface area contributed by atoms with Gasteiger partial charge in [-0.05, 0) is 6.42 Å². The van der Waals surface area contributed by atoms with E-state index < -0.39 is 6.03 Å². The Morgan fingerprint density at radius 1 is 1.13 bits per heavy atom. The summed E-state index contributed by atoms with van der Waals surface area (Å²) >= 11 is 0. The van der Waals surface area contributed by atoms with Gasteiger partial charge in [-0.2, -0.15) is 0 Å². The van der Waals surface area contributed by atoms with E-state index in [0.29, 0.717) is 6.54 Å². The third kappa shape index (κ3) is 8.20. The molecule has 2 amide bonds. The number of hydrogen-bond donors (Lipinski definition) is 3. The van der Waals surface area contributed by atoms with Gasteiger partial charge in [-0.3, -0.25) is 10.4 Å². The third-order valence-corrected chi connectivity index (χ3v) is 2.39. The lowest BCUT2D eigenvalue weighted by Crippen LogP contribution is -2.47. The van der Waals surface area contributed by atoms with E-state index in [1.165, 1.54) is 32.1 Å². The van der Waals surface area contributed by atoms with Crippen LogP contribution in [0.5, 0.6) is 0 Å². The number of nitrogens with zero attached hydrogens (tertiary/aromatic N) is 1. The Bertz CT molecular complexity index is 164. The van der Waals surface area contributed by atoms with Gasteiger partial charge in [0, 0.05) is 6.54 Å². The standard InChI is InChI=1S/C10H24N4O/c1-2-3-4-5-6-7-8-9-14(12)10(15)13-11/h2-9,11-12H2,1H3,(H,13,15). The molecule has 0 aromatic heterocycles. The summed E-state index contributed by atoms with van der Waals surface area (Å²) in [6.45, 7) is 2.77. The lowest BCUT2D eigenvalue weighted by molar-refractivity contribution is 0.198. The molecular formula is C10H24N4O. The number of unbranched alkanes of at least 4 members (excludes halogenated alkanes) is 6. The average molecular weight is 216 g/mol. The van der Waals surface area contributed by atoms with Crippen LogP contribution in [0.4, 0.5) is 4.79 Å². The van der Waals surface area contributed by atoms with Crippen LogP contribution in [0.1, 0.15) is 51.9 Å². The summed E-state index contributed by atoms with van der Waals surface area (Å²) in [6, 6.07) is -0.430. The molecule has 90 valence electrons. The van der Waals surface area contributed by atoms with Gasteiger partial charge < -0.3 is 0 Å². The van der Waals surface area contributed by atoms with Gasteiger partial charge in [0.25, 0.3) is 0 Å². The van der Waals surface area contributed by atoms with Gasteiger partial charge in [0.1, 0.15) is 0 Å². The molecule has 0 rings (SSSR count). The lowest BCUT2D eigenvalue weighted by atomic mass is 10.1. The minimum Gasteiger partial charge on any atom is -0.275 e. The Morgan fingerprint density at radius 2 is 1.67 bits per heavy atom. The van der Waals surface area contributed by atoms with Gasteiger partial charge in [-0.25, -0.2) is 16.5 Å². The molecule has 15 heavy (non-hydrogen) atoms. The second-order valence-corrected chi connectivity index (χ2v) is 3.76. The number of rotatable bonds is 8. The summed E-state index contributed by atoms with van der Waals surface area (Å²) in [4.78, 5) is 10.9. The molecule has 0 heterocycles. The van der Waals surface area contributed by atoms with Crippen molar-refractivity contribution in [3.05, 3.63) is 0 Å². The maximum absolute atomic E-state index is 10.9. The molecule has 0 radical (unpaired) electrons. The fourth-order valence-electron chi connectivity index (χ4n) is 1.42. The minimum atomic E-state index is -0.430. The number of carbonyl (C=O) groups is 1. The van der Waals surface area contributed by atoms with E-state index in [1.54, 1.807) is 0 Å². The highest BCUT2D eigenvalue weighted by Gasteiger charge is 2.05. The van der Waals surface area contributed by atoms with Crippen molar-refractivity contribution < 1.29 is 4.79 Å². The number of hydrazine groups is 2. The molecule has 0 fully saturated rings. The Labute approximate surface area is 92.1 Å². The zero-order valence-corrected chi connectivity index (χ0v) is 9.67. The van der Waals surface area contributed by atoms with E-state index in [-0.39, 0.29) is 0 Å². The predicted molar refractivity (Wildman–Crippen MR) is 61.6 cm³/mol. The van der Waals surface area contributed by atoms with Crippen LogP contribution in [0, 0.1) is 0 Å². The van der Waals surface area contributed by atoms with Crippen LogP contribution < -0.4 is 17.1 Å². The molecule has 0 aliphatic carbocycles. The monoisotopic (exact) mass is 216 g/mol. The molecule has 0 spiro atoms. The van der Waals surface area contributed by atoms with Gasteiger partial charge in [-0.15, -0.1) is 0 Å². The summed E-state index contributed by atoms with van der Waals surface area (Å²) in [7, 11) is 0. The van der Waals surface area contributed by atoms with E-state index >= 15 is 0 Å². The molecule has 0 aliphatic heterocycles. The van der Waals surface area contributed by atoms with Crippen LogP contribution in [0.15, 0.2) is 0 Å². The van der Waals surface area contributed by atoms with Crippen molar-refractivity contribution >= 4 is 6.03 Å². The molecule has 0 saturated carbocycles. The van der Waals surface area contributed by atoms with Gasteiger partial charge >= 0.3 is 6.03 Å². The zero-order chi connectivity index (χ0) is 11.5. The van der Waals surface area contributed by atoms with Gasteiger partial charge in [0.15, 0.2) is 0 Å². The molecule has 0 aromatic rings. The molecule has 5 nitrogen and oxygen atoms in total. The van der Waals surface area contributed by atoms with Crippen molar-refractivity contribution in [1.82, 2.24) is 10.4 Å². The van der Waals surface area contributed by atoms with Gasteiger partial charge in [0.05, 0.1) is 0 Å². The van der Waals surface area contributed by atoms with E-state index in [0.717, 1.165) is 17.9 Å². The van der Waals surface area contributed by atoms with Crippen molar-refractivity contribution in [1.29, 1.82) is 0 Å². The molecule has 0 aliphatic rings. The first-order chi connectivity index (χ1) is 7.22. The smallest absolute Gasteiger partial charge is 0.275 e. The van der Waals surface area contributed by atoms with Crippen LogP contribution in [-0.2, 0) is 0 Å². The summed E-state index contributed by atoms with van der Waals surface area (Å²) in [5, 5.41) is 1.12. The van der Waals surface area contributed by atoms with Crippen LogP contribution >= 0.6 is 0 Å². The molecule has 0 unspecified atom stereocenters. The van der Waals surface area contributed by atoms with Gasteiger partial charge in [-0.1, -0.05) is 45.4 Å². The lowest BCUT2D eigenvalue weighted by Gasteiger charge is -2.14. The topological polar surface area (TPSA) is 84.4 Å². The van der Waals surface area contributed by atoms with E-state index in [2.05, 4.69) is 6.92 Å². The van der Waals surface area contributed by atoms with Crippen molar-refractivity contribution in [2.45, 2.75) is 51.9 Å². The fourth-order valence-corrected chi connectivity index (χ4v) is 1.42.